The number of ether oxygens (including phenoxy) is 2. The fraction of sp³-hybridized carbons (Fsp3) is 1.00. The Labute approximate surface area is 185 Å². The van der Waals surface area contributed by atoms with Crippen LogP contribution in [0.25, 0.3) is 0 Å². The van der Waals surface area contributed by atoms with Gasteiger partial charge in [-0.25, -0.2) is 0 Å². The summed E-state index contributed by atoms with van der Waals surface area (Å²) in [5.74, 6) is 0. The van der Waals surface area contributed by atoms with Gasteiger partial charge in [-0.1, -0.05) is 110 Å². The summed E-state index contributed by atoms with van der Waals surface area (Å²) in [5, 5.41) is 29.1. The van der Waals surface area contributed by atoms with Crippen molar-refractivity contribution in [2.45, 2.75) is 140 Å². The normalized spacial score (nSPS) is 24.4. The van der Waals surface area contributed by atoms with Gasteiger partial charge in [-0.15, -0.1) is 0 Å². The van der Waals surface area contributed by atoms with E-state index in [1.54, 1.807) is 0 Å². The summed E-state index contributed by atoms with van der Waals surface area (Å²) in [6.07, 6.45) is 19.7. The van der Waals surface area contributed by atoms with E-state index in [1.807, 2.05) is 0 Å². The molecule has 0 aliphatic carbocycles. The fourth-order valence-corrected chi connectivity index (χ4v) is 4.27. The van der Waals surface area contributed by atoms with Crippen molar-refractivity contribution >= 4 is 0 Å². The van der Waals surface area contributed by atoms with Gasteiger partial charge in [0.2, 0.25) is 0 Å². The van der Waals surface area contributed by atoms with Crippen LogP contribution in [0.3, 0.4) is 0 Å². The van der Waals surface area contributed by atoms with Crippen LogP contribution in [0.5, 0.6) is 0 Å². The Kier molecular flexibility index (Phi) is 18.1. The molecule has 1 saturated heterocycles. The van der Waals surface area contributed by atoms with Gasteiger partial charge >= 0.3 is 0 Å². The second-order valence-electron chi connectivity index (χ2n) is 9.10. The molecule has 180 valence electrons. The highest BCUT2D eigenvalue weighted by atomic mass is 16.6. The molecule has 1 aliphatic rings. The highest BCUT2D eigenvalue weighted by Crippen LogP contribution is 2.19. The summed E-state index contributed by atoms with van der Waals surface area (Å²) in [7, 11) is 0. The summed E-state index contributed by atoms with van der Waals surface area (Å²) in [5.41, 5.74) is 0. The smallest absolute Gasteiger partial charge is 0.114 e. The van der Waals surface area contributed by atoms with Gasteiger partial charge in [0.1, 0.15) is 24.4 Å². The van der Waals surface area contributed by atoms with Crippen molar-refractivity contribution in [3.05, 3.63) is 0 Å². The molecule has 0 aromatic rings. The molecule has 0 radical (unpaired) electrons. The molecule has 1 aliphatic heterocycles. The third-order valence-corrected chi connectivity index (χ3v) is 6.32. The van der Waals surface area contributed by atoms with E-state index >= 15 is 0 Å². The molecule has 1 heterocycles. The van der Waals surface area contributed by atoms with Crippen LogP contribution in [-0.2, 0) is 9.47 Å². The lowest BCUT2D eigenvalue weighted by Gasteiger charge is -2.37. The Morgan fingerprint density at radius 1 is 0.700 bits per heavy atom. The van der Waals surface area contributed by atoms with Gasteiger partial charge in [0.15, 0.2) is 0 Å². The molecule has 5 nitrogen and oxygen atoms in total. The van der Waals surface area contributed by atoms with Crippen LogP contribution in [0.1, 0.15) is 116 Å². The maximum absolute atomic E-state index is 10.1. The first-order valence-electron chi connectivity index (χ1n) is 12.9. The van der Waals surface area contributed by atoms with Crippen LogP contribution < -0.4 is 0 Å². The Hall–Kier alpha value is -0.200. The zero-order valence-corrected chi connectivity index (χ0v) is 19.6. The summed E-state index contributed by atoms with van der Waals surface area (Å²) < 4.78 is 10.9. The topological polar surface area (TPSA) is 79.2 Å². The zero-order valence-electron chi connectivity index (χ0n) is 19.6. The molecule has 0 aromatic carbocycles. The molecule has 0 bridgehead atoms. The molecule has 0 amide bonds. The maximum Gasteiger partial charge on any atom is 0.114 e. The summed E-state index contributed by atoms with van der Waals surface area (Å²) in [6, 6.07) is 0. The minimum Gasteiger partial charge on any atom is -0.394 e. The van der Waals surface area contributed by atoms with Crippen LogP contribution in [0.2, 0.25) is 0 Å². The Bertz CT molecular complexity index is 365. The molecule has 1 fully saturated rings. The van der Waals surface area contributed by atoms with Gasteiger partial charge in [0.25, 0.3) is 0 Å². The fourth-order valence-electron chi connectivity index (χ4n) is 4.27. The lowest BCUT2D eigenvalue weighted by Crippen LogP contribution is -2.55. The third-order valence-electron chi connectivity index (χ3n) is 6.32. The molecule has 30 heavy (non-hydrogen) atoms. The predicted molar refractivity (Wildman–Crippen MR) is 123 cm³/mol. The Morgan fingerprint density at radius 3 is 1.57 bits per heavy atom. The summed E-state index contributed by atoms with van der Waals surface area (Å²) in [4.78, 5) is 0. The van der Waals surface area contributed by atoms with Crippen molar-refractivity contribution in [3.63, 3.8) is 0 Å². The van der Waals surface area contributed by atoms with Gasteiger partial charge in [-0.05, 0) is 6.42 Å². The van der Waals surface area contributed by atoms with E-state index < -0.39 is 24.4 Å². The Balaban J connectivity index is 1.80. The van der Waals surface area contributed by atoms with Crippen LogP contribution >= 0.6 is 0 Å². The highest BCUT2D eigenvalue weighted by Gasteiger charge is 2.38. The average Bonchev–Trinajstić information content (AvgIpc) is 2.75. The van der Waals surface area contributed by atoms with Gasteiger partial charge in [-0.3, -0.25) is 0 Å². The number of hydrogen-bond donors (Lipinski definition) is 3. The van der Waals surface area contributed by atoms with Crippen molar-refractivity contribution in [1.82, 2.24) is 0 Å². The van der Waals surface area contributed by atoms with E-state index in [2.05, 4.69) is 6.92 Å². The lowest BCUT2D eigenvalue weighted by molar-refractivity contribution is -0.210. The molecule has 0 unspecified atom stereocenters. The van der Waals surface area contributed by atoms with Crippen LogP contribution in [0, 0.1) is 0 Å². The number of rotatable bonds is 20. The molecule has 0 saturated carbocycles. The zero-order chi connectivity index (χ0) is 21.9. The molecule has 3 N–H and O–H groups in total. The lowest BCUT2D eigenvalue weighted by atomic mass is 10.0. The number of aliphatic hydroxyl groups excluding tert-OH is 3. The molecule has 4 atom stereocenters. The molecule has 0 spiro atoms. The predicted octanol–water partition coefficient (Wildman–Crippen LogP) is 5.14. The van der Waals surface area contributed by atoms with Gasteiger partial charge in [-0.2, -0.15) is 0 Å². The molecular formula is C25H50O5. The second kappa shape index (κ2) is 19.5. The minimum atomic E-state index is -0.968. The molecular weight excluding hydrogens is 380 g/mol. The molecule has 0 aromatic heterocycles. The van der Waals surface area contributed by atoms with Crippen molar-refractivity contribution in [1.29, 1.82) is 0 Å². The molecule has 5 heteroatoms. The van der Waals surface area contributed by atoms with Crippen molar-refractivity contribution in [3.8, 4) is 0 Å². The van der Waals surface area contributed by atoms with Crippen LogP contribution in [-0.4, -0.2) is 59.6 Å². The quantitative estimate of drug-likeness (QED) is 0.233. The first-order chi connectivity index (χ1) is 14.7. The van der Waals surface area contributed by atoms with Crippen LogP contribution in [0.4, 0.5) is 0 Å². The third kappa shape index (κ3) is 13.3. The van der Waals surface area contributed by atoms with E-state index in [4.69, 9.17) is 9.47 Å². The SMILES string of the molecule is CCCCCCCCCCCCCCCCCCCO[C@H]1[C@H](O)[C@@H](CO)OC[C@@H]1O. The number of aliphatic hydroxyl groups is 3. The van der Waals surface area contributed by atoms with E-state index in [9.17, 15) is 15.3 Å². The maximum atomic E-state index is 10.1. The largest absolute Gasteiger partial charge is 0.394 e. The van der Waals surface area contributed by atoms with E-state index in [-0.39, 0.29) is 13.2 Å². The van der Waals surface area contributed by atoms with Crippen molar-refractivity contribution < 1.29 is 24.8 Å². The van der Waals surface area contributed by atoms with Crippen molar-refractivity contribution in [2.75, 3.05) is 19.8 Å². The van der Waals surface area contributed by atoms with E-state index in [1.165, 1.54) is 96.3 Å². The minimum absolute atomic E-state index is 0.103. The summed E-state index contributed by atoms with van der Waals surface area (Å²) in [6.45, 7) is 2.66. The first-order valence-corrected chi connectivity index (χ1v) is 12.9. The monoisotopic (exact) mass is 430 g/mol. The van der Waals surface area contributed by atoms with Crippen molar-refractivity contribution in [2.24, 2.45) is 0 Å². The van der Waals surface area contributed by atoms with E-state index in [0.717, 1.165) is 12.8 Å². The number of hydrogen-bond acceptors (Lipinski definition) is 5. The van der Waals surface area contributed by atoms with E-state index in [0.29, 0.717) is 6.61 Å². The standard InChI is InChI=1S/C25H50O5/c1-2-3-4-5-6-7-8-9-10-11-12-13-14-15-16-17-18-19-29-25-22(27)21-30-23(20-26)24(25)28/h22-28H,2-21H2,1H3/t22-,23+,24+,25+/m0/s1. The van der Waals surface area contributed by atoms with Gasteiger partial charge < -0.3 is 24.8 Å². The highest BCUT2D eigenvalue weighted by molar-refractivity contribution is 4.87. The molecule has 1 rings (SSSR count). The van der Waals surface area contributed by atoms with Gasteiger partial charge in [0.05, 0.1) is 13.2 Å². The first kappa shape index (κ1) is 27.8. The summed E-state index contributed by atoms with van der Waals surface area (Å²) >= 11 is 0. The second-order valence-corrected chi connectivity index (χ2v) is 9.10. The van der Waals surface area contributed by atoms with Gasteiger partial charge in [0, 0.05) is 6.61 Å². The average molecular weight is 431 g/mol. The number of unbranched alkanes of at least 4 members (excludes halogenated alkanes) is 16. The Morgan fingerprint density at radius 2 is 1.13 bits per heavy atom. The van der Waals surface area contributed by atoms with Crippen LogP contribution in [0.15, 0.2) is 0 Å².